The van der Waals surface area contributed by atoms with Crippen LogP contribution in [0.5, 0.6) is 0 Å². The standard InChI is InChI=1S/C16H18N2O2/c1-2-17-15(19)14-10-11-6-3-4-9-13(11)16(20)18(14)12-7-5-8-12/h3-4,6,9-10,12H,2,5,7-8H2,1H3,(H,17,19). The number of hydrogen-bond donors (Lipinski definition) is 1. The Bertz CT molecular complexity index is 714. The Kier molecular flexibility index (Phi) is 3.30. The molecule has 0 aliphatic heterocycles. The lowest BCUT2D eigenvalue weighted by Gasteiger charge is -2.30. The summed E-state index contributed by atoms with van der Waals surface area (Å²) in [5.41, 5.74) is 0.439. The Labute approximate surface area is 117 Å². The molecule has 20 heavy (non-hydrogen) atoms. The second-order valence-corrected chi connectivity index (χ2v) is 5.24. The first-order chi connectivity index (χ1) is 9.72. The van der Waals surface area contributed by atoms with Gasteiger partial charge in [0.15, 0.2) is 0 Å². The maximum absolute atomic E-state index is 12.7. The van der Waals surface area contributed by atoms with E-state index in [4.69, 9.17) is 0 Å². The number of nitrogens with one attached hydrogen (secondary N) is 1. The predicted molar refractivity (Wildman–Crippen MR) is 79.1 cm³/mol. The number of carbonyl (C=O) groups excluding carboxylic acids is 1. The molecule has 3 rings (SSSR count). The van der Waals surface area contributed by atoms with E-state index in [0.717, 1.165) is 24.6 Å². The van der Waals surface area contributed by atoms with Crippen molar-refractivity contribution in [2.24, 2.45) is 0 Å². The van der Waals surface area contributed by atoms with Gasteiger partial charge in [-0.15, -0.1) is 0 Å². The summed E-state index contributed by atoms with van der Waals surface area (Å²) in [6.45, 7) is 2.44. The van der Waals surface area contributed by atoms with Crippen LogP contribution in [-0.4, -0.2) is 17.0 Å². The van der Waals surface area contributed by atoms with E-state index in [-0.39, 0.29) is 17.5 Å². The average Bonchev–Trinajstić information content (AvgIpc) is 2.40. The van der Waals surface area contributed by atoms with Gasteiger partial charge in [-0.2, -0.15) is 0 Å². The Hall–Kier alpha value is -2.10. The van der Waals surface area contributed by atoms with Gasteiger partial charge in [0.2, 0.25) is 0 Å². The van der Waals surface area contributed by atoms with E-state index in [0.29, 0.717) is 17.6 Å². The van der Waals surface area contributed by atoms with Gasteiger partial charge in [0.25, 0.3) is 11.5 Å². The summed E-state index contributed by atoms with van der Waals surface area (Å²) in [5, 5.41) is 4.31. The zero-order valence-electron chi connectivity index (χ0n) is 11.6. The summed E-state index contributed by atoms with van der Waals surface area (Å²) < 4.78 is 1.69. The molecule has 0 atom stereocenters. The highest BCUT2D eigenvalue weighted by atomic mass is 16.2. The van der Waals surface area contributed by atoms with E-state index in [1.165, 1.54) is 0 Å². The number of nitrogens with zero attached hydrogens (tertiary/aromatic N) is 1. The SMILES string of the molecule is CCNC(=O)c1cc2ccccc2c(=O)n1C1CCC1. The van der Waals surface area contributed by atoms with E-state index in [9.17, 15) is 9.59 Å². The summed E-state index contributed by atoms with van der Waals surface area (Å²) in [5.74, 6) is -0.165. The summed E-state index contributed by atoms with van der Waals surface area (Å²) in [6, 6.07) is 9.46. The first-order valence-electron chi connectivity index (χ1n) is 7.15. The van der Waals surface area contributed by atoms with Crippen molar-refractivity contribution in [2.75, 3.05) is 6.54 Å². The van der Waals surface area contributed by atoms with Crippen LogP contribution in [0.15, 0.2) is 35.1 Å². The predicted octanol–water partition coefficient (Wildman–Crippen LogP) is 2.48. The van der Waals surface area contributed by atoms with Gasteiger partial charge in [-0.05, 0) is 43.7 Å². The normalized spacial score (nSPS) is 15.1. The number of benzene rings is 1. The molecule has 0 spiro atoms. The van der Waals surface area contributed by atoms with Crippen LogP contribution in [0, 0.1) is 0 Å². The molecule has 104 valence electrons. The molecule has 1 fully saturated rings. The van der Waals surface area contributed by atoms with Crippen molar-refractivity contribution in [1.82, 2.24) is 9.88 Å². The Balaban J connectivity index is 2.24. The van der Waals surface area contributed by atoms with Crippen LogP contribution in [0.25, 0.3) is 10.8 Å². The third kappa shape index (κ3) is 2.01. The largest absolute Gasteiger partial charge is 0.351 e. The van der Waals surface area contributed by atoms with Crippen molar-refractivity contribution in [3.8, 4) is 0 Å². The first-order valence-corrected chi connectivity index (χ1v) is 7.15. The van der Waals surface area contributed by atoms with Crippen LogP contribution in [0.3, 0.4) is 0 Å². The van der Waals surface area contributed by atoms with E-state index < -0.39 is 0 Å². The molecule has 1 aromatic heterocycles. The third-order valence-electron chi connectivity index (χ3n) is 3.97. The van der Waals surface area contributed by atoms with Crippen molar-refractivity contribution in [3.63, 3.8) is 0 Å². The van der Waals surface area contributed by atoms with Crippen LogP contribution in [-0.2, 0) is 0 Å². The molecule has 1 aliphatic carbocycles. The smallest absolute Gasteiger partial charge is 0.268 e. The first kappa shape index (κ1) is 12.9. The van der Waals surface area contributed by atoms with Crippen LogP contribution >= 0.6 is 0 Å². The molecule has 0 bridgehead atoms. The number of pyridine rings is 1. The zero-order chi connectivity index (χ0) is 14.1. The monoisotopic (exact) mass is 270 g/mol. The van der Waals surface area contributed by atoms with Gasteiger partial charge < -0.3 is 9.88 Å². The fraction of sp³-hybridized carbons (Fsp3) is 0.375. The Morgan fingerprint density at radius 2 is 2.10 bits per heavy atom. The topological polar surface area (TPSA) is 51.1 Å². The van der Waals surface area contributed by atoms with Crippen molar-refractivity contribution < 1.29 is 4.79 Å². The second-order valence-electron chi connectivity index (χ2n) is 5.24. The minimum absolute atomic E-state index is 0.0472. The molecule has 1 saturated carbocycles. The lowest BCUT2D eigenvalue weighted by Crippen LogP contribution is -2.36. The molecule has 4 heteroatoms. The molecule has 2 aromatic rings. The third-order valence-corrected chi connectivity index (χ3v) is 3.97. The number of amides is 1. The fourth-order valence-electron chi connectivity index (χ4n) is 2.71. The molecule has 0 unspecified atom stereocenters. The summed E-state index contributed by atoms with van der Waals surface area (Å²) in [6.07, 6.45) is 3.08. The van der Waals surface area contributed by atoms with Crippen LogP contribution in [0.4, 0.5) is 0 Å². The van der Waals surface area contributed by atoms with Gasteiger partial charge in [-0.3, -0.25) is 9.59 Å². The minimum Gasteiger partial charge on any atom is -0.351 e. The van der Waals surface area contributed by atoms with Gasteiger partial charge in [-0.25, -0.2) is 0 Å². The maximum atomic E-state index is 12.7. The molecule has 4 nitrogen and oxygen atoms in total. The molecule has 1 aliphatic rings. The van der Waals surface area contributed by atoms with Gasteiger partial charge >= 0.3 is 0 Å². The van der Waals surface area contributed by atoms with Gasteiger partial charge in [0.1, 0.15) is 5.69 Å². The van der Waals surface area contributed by atoms with Crippen molar-refractivity contribution in [3.05, 3.63) is 46.4 Å². The fourth-order valence-corrected chi connectivity index (χ4v) is 2.71. The van der Waals surface area contributed by atoms with Gasteiger partial charge in [0, 0.05) is 18.0 Å². The minimum atomic E-state index is -0.165. The molecular weight excluding hydrogens is 252 g/mol. The van der Waals surface area contributed by atoms with Gasteiger partial charge in [-0.1, -0.05) is 18.2 Å². The van der Waals surface area contributed by atoms with E-state index >= 15 is 0 Å². The molecule has 1 aromatic carbocycles. The van der Waals surface area contributed by atoms with E-state index in [2.05, 4.69) is 5.32 Å². The number of carbonyl (C=O) groups is 1. The molecule has 0 radical (unpaired) electrons. The number of hydrogen-bond acceptors (Lipinski definition) is 2. The highest BCUT2D eigenvalue weighted by Crippen LogP contribution is 2.32. The zero-order valence-corrected chi connectivity index (χ0v) is 11.6. The van der Waals surface area contributed by atoms with Crippen LogP contribution < -0.4 is 10.9 Å². The van der Waals surface area contributed by atoms with Crippen LogP contribution in [0.2, 0.25) is 0 Å². The number of aromatic nitrogens is 1. The highest BCUT2D eigenvalue weighted by molar-refractivity contribution is 5.96. The van der Waals surface area contributed by atoms with Gasteiger partial charge in [0.05, 0.1) is 0 Å². The molecule has 0 saturated heterocycles. The molecule has 1 amide bonds. The number of rotatable bonds is 3. The lowest BCUT2D eigenvalue weighted by atomic mass is 9.92. The van der Waals surface area contributed by atoms with Crippen molar-refractivity contribution >= 4 is 16.7 Å². The average molecular weight is 270 g/mol. The molecular formula is C16H18N2O2. The molecule has 1 heterocycles. The molecule has 1 N–H and O–H groups in total. The summed E-state index contributed by atoms with van der Waals surface area (Å²) in [4.78, 5) is 24.9. The quantitative estimate of drug-likeness (QED) is 0.931. The van der Waals surface area contributed by atoms with Crippen molar-refractivity contribution in [2.45, 2.75) is 32.2 Å². The summed E-state index contributed by atoms with van der Waals surface area (Å²) in [7, 11) is 0. The Morgan fingerprint density at radius 3 is 2.75 bits per heavy atom. The maximum Gasteiger partial charge on any atom is 0.268 e. The second kappa shape index (κ2) is 5.12. The summed E-state index contributed by atoms with van der Waals surface area (Å²) >= 11 is 0. The Morgan fingerprint density at radius 1 is 1.35 bits per heavy atom. The number of fused-ring (bicyclic) bond motifs is 1. The van der Waals surface area contributed by atoms with E-state index in [1.54, 1.807) is 4.57 Å². The lowest BCUT2D eigenvalue weighted by molar-refractivity contribution is 0.0939. The van der Waals surface area contributed by atoms with E-state index in [1.807, 2.05) is 37.3 Å². The highest BCUT2D eigenvalue weighted by Gasteiger charge is 2.26. The van der Waals surface area contributed by atoms with Crippen LogP contribution in [0.1, 0.15) is 42.7 Å². The van der Waals surface area contributed by atoms with Crippen molar-refractivity contribution in [1.29, 1.82) is 0 Å².